The molecule has 1 saturated heterocycles. The van der Waals surface area contributed by atoms with Crippen LogP contribution in [0, 0.1) is 10.1 Å². The van der Waals surface area contributed by atoms with Crippen LogP contribution < -0.4 is 9.47 Å². The largest absolute Gasteiger partial charge is 0.493 e. The van der Waals surface area contributed by atoms with Gasteiger partial charge in [0.15, 0.2) is 11.5 Å². The highest BCUT2D eigenvalue weighted by atomic mass is 16.6. The second-order valence-corrected chi connectivity index (χ2v) is 6.78. The molecule has 0 amide bonds. The van der Waals surface area contributed by atoms with Crippen LogP contribution in [0.15, 0.2) is 36.5 Å². The van der Waals surface area contributed by atoms with Crippen molar-refractivity contribution in [2.45, 2.75) is 13.0 Å². The van der Waals surface area contributed by atoms with Gasteiger partial charge in [-0.1, -0.05) is 6.07 Å². The third-order valence-electron chi connectivity index (χ3n) is 5.05. The maximum absolute atomic E-state index is 11.5. The SMILES string of the molecule is COc1cc(CN2CCN(CCc3ccccn3)CC2)c([N+](=O)[O-])cc1OC. The van der Waals surface area contributed by atoms with Gasteiger partial charge in [-0.05, 0) is 18.2 Å². The predicted molar refractivity (Wildman–Crippen MR) is 106 cm³/mol. The first-order valence-corrected chi connectivity index (χ1v) is 9.34. The Balaban J connectivity index is 1.59. The second-order valence-electron chi connectivity index (χ2n) is 6.78. The van der Waals surface area contributed by atoms with Crippen LogP contribution in [0.25, 0.3) is 0 Å². The number of rotatable bonds is 8. The Hall–Kier alpha value is -2.71. The number of pyridine rings is 1. The van der Waals surface area contributed by atoms with E-state index in [0.717, 1.165) is 44.8 Å². The number of aromatic nitrogens is 1. The van der Waals surface area contributed by atoms with Crippen LogP contribution in [-0.2, 0) is 13.0 Å². The fourth-order valence-electron chi connectivity index (χ4n) is 3.44. The van der Waals surface area contributed by atoms with Crippen LogP contribution in [0.3, 0.4) is 0 Å². The number of benzene rings is 1. The molecule has 8 heteroatoms. The van der Waals surface area contributed by atoms with Crippen LogP contribution in [-0.4, -0.2) is 66.7 Å². The molecule has 0 aliphatic carbocycles. The van der Waals surface area contributed by atoms with Gasteiger partial charge in [0, 0.05) is 63.1 Å². The van der Waals surface area contributed by atoms with Gasteiger partial charge in [0.05, 0.1) is 25.2 Å². The van der Waals surface area contributed by atoms with Crippen LogP contribution >= 0.6 is 0 Å². The molecular formula is C20H26N4O4. The molecule has 2 aromatic rings. The third kappa shape index (κ3) is 4.96. The lowest BCUT2D eigenvalue weighted by Gasteiger charge is -2.34. The molecule has 0 saturated carbocycles. The molecule has 0 bridgehead atoms. The van der Waals surface area contributed by atoms with E-state index in [1.54, 1.807) is 6.07 Å². The van der Waals surface area contributed by atoms with Crippen molar-refractivity contribution in [3.63, 3.8) is 0 Å². The molecule has 0 spiro atoms. The van der Waals surface area contributed by atoms with E-state index in [4.69, 9.17) is 9.47 Å². The van der Waals surface area contributed by atoms with Gasteiger partial charge < -0.3 is 14.4 Å². The summed E-state index contributed by atoms with van der Waals surface area (Å²) < 4.78 is 10.5. The van der Waals surface area contributed by atoms with Crippen molar-refractivity contribution in [2.24, 2.45) is 0 Å². The van der Waals surface area contributed by atoms with E-state index in [2.05, 4.69) is 14.8 Å². The number of nitro benzene ring substituents is 1. The molecule has 8 nitrogen and oxygen atoms in total. The van der Waals surface area contributed by atoms with Gasteiger partial charge in [0.1, 0.15) is 0 Å². The smallest absolute Gasteiger partial charge is 0.277 e. The molecule has 150 valence electrons. The Bertz CT molecular complexity index is 792. The molecule has 3 rings (SSSR count). The quantitative estimate of drug-likeness (QED) is 0.509. The molecule has 0 N–H and O–H groups in total. The van der Waals surface area contributed by atoms with Gasteiger partial charge in [-0.25, -0.2) is 0 Å². The number of hydrogen-bond donors (Lipinski definition) is 0. The Morgan fingerprint density at radius 1 is 1.07 bits per heavy atom. The zero-order valence-electron chi connectivity index (χ0n) is 16.3. The molecule has 28 heavy (non-hydrogen) atoms. The summed E-state index contributed by atoms with van der Waals surface area (Å²) in [6, 6.07) is 9.14. The molecule has 0 radical (unpaired) electrons. The molecular weight excluding hydrogens is 360 g/mol. The number of nitrogens with zero attached hydrogens (tertiary/aromatic N) is 4. The molecule has 1 fully saturated rings. The van der Waals surface area contributed by atoms with E-state index in [-0.39, 0.29) is 10.6 Å². The minimum Gasteiger partial charge on any atom is -0.493 e. The van der Waals surface area contributed by atoms with E-state index >= 15 is 0 Å². The molecule has 1 aliphatic heterocycles. The molecule has 2 heterocycles. The summed E-state index contributed by atoms with van der Waals surface area (Å²) in [4.78, 5) is 20.1. The Morgan fingerprint density at radius 3 is 2.36 bits per heavy atom. The van der Waals surface area contributed by atoms with E-state index < -0.39 is 0 Å². The highest BCUT2D eigenvalue weighted by Crippen LogP contribution is 2.35. The molecule has 0 atom stereocenters. The van der Waals surface area contributed by atoms with Crippen molar-refractivity contribution in [1.29, 1.82) is 0 Å². The van der Waals surface area contributed by atoms with Crippen LogP contribution in [0.2, 0.25) is 0 Å². The van der Waals surface area contributed by atoms with E-state index in [9.17, 15) is 10.1 Å². The lowest BCUT2D eigenvalue weighted by Crippen LogP contribution is -2.46. The maximum Gasteiger partial charge on any atom is 0.277 e. The first kappa shape index (κ1) is 20.0. The topological polar surface area (TPSA) is 81.0 Å². The minimum absolute atomic E-state index is 0.0650. The highest BCUT2D eigenvalue weighted by Gasteiger charge is 2.23. The fourth-order valence-corrected chi connectivity index (χ4v) is 3.44. The van der Waals surface area contributed by atoms with Gasteiger partial charge in [0.2, 0.25) is 0 Å². The van der Waals surface area contributed by atoms with Crippen molar-refractivity contribution in [3.8, 4) is 11.5 Å². The maximum atomic E-state index is 11.5. The van der Waals surface area contributed by atoms with Gasteiger partial charge >= 0.3 is 0 Å². The summed E-state index contributed by atoms with van der Waals surface area (Å²) in [5.41, 5.74) is 1.81. The summed E-state index contributed by atoms with van der Waals surface area (Å²) in [5, 5.41) is 11.5. The number of nitro groups is 1. The Morgan fingerprint density at radius 2 is 1.75 bits per heavy atom. The first-order chi connectivity index (χ1) is 13.6. The fraction of sp³-hybridized carbons (Fsp3) is 0.450. The van der Waals surface area contributed by atoms with E-state index in [1.165, 1.54) is 20.3 Å². The highest BCUT2D eigenvalue weighted by molar-refractivity contribution is 5.54. The van der Waals surface area contributed by atoms with Crippen LogP contribution in [0.1, 0.15) is 11.3 Å². The van der Waals surface area contributed by atoms with Crippen molar-refractivity contribution in [2.75, 3.05) is 46.9 Å². The summed E-state index contributed by atoms with van der Waals surface area (Å²) in [5.74, 6) is 0.884. The summed E-state index contributed by atoms with van der Waals surface area (Å²) in [6.07, 6.45) is 2.76. The lowest BCUT2D eigenvalue weighted by molar-refractivity contribution is -0.385. The third-order valence-corrected chi connectivity index (χ3v) is 5.05. The van der Waals surface area contributed by atoms with Crippen molar-refractivity contribution >= 4 is 5.69 Å². The predicted octanol–water partition coefficient (Wildman–Crippen LogP) is 2.37. The summed E-state index contributed by atoms with van der Waals surface area (Å²) in [7, 11) is 3.01. The Kier molecular flexibility index (Phi) is 6.78. The monoisotopic (exact) mass is 386 g/mol. The lowest BCUT2D eigenvalue weighted by atomic mass is 10.1. The number of methoxy groups -OCH3 is 2. The zero-order valence-corrected chi connectivity index (χ0v) is 16.3. The average molecular weight is 386 g/mol. The number of ether oxygens (including phenoxy) is 2. The summed E-state index contributed by atoms with van der Waals surface area (Å²) >= 11 is 0. The average Bonchev–Trinajstić information content (AvgIpc) is 2.73. The minimum atomic E-state index is -0.361. The normalized spacial score (nSPS) is 15.4. The first-order valence-electron chi connectivity index (χ1n) is 9.34. The van der Waals surface area contributed by atoms with Gasteiger partial charge in [-0.3, -0.25) is 20.0 Å². The van der Waals surface area contributed by atoms with Gasteiger partial charge in [0.25, 0.3) is 5.69 Å². The van der Waals surface area contributed by atoms with Gasteiger partial charge in [-0.15, -0.1) is 0 Å². The van der Waals surface area contributed by atoms with Crippen LogP contribution in [0.4, 0.5) is 5.69 Å². The number of piperazine rings is 1. The second kappa shape index (κ2) is 9.48. The van der Waals surface area contributed by atoms with Crippen LogP contribution in [0.5, 0.6) is 11.5 Å². The standard InChI is InChI=1S/C20H26N4O4/c1-27-19-13-16(18(24(25)26)14-20(19)28-2)15-23-11-9-22(10-12-23)8-6-17-5-3-4-7-21-17/h3-5,7,13-14H,6,8-12,15H2,1-2H3. The zero-order chi connectivity index (χ0) is 19.9. The molecule has 1 aromatic heterocycles. The van der Waals surface area contributed by atoms with Crippen molar-refractivity contribution in [1.82, 2.24) is 14.8 Å². The Labute approximate surface area is 164 Å². The van der Waals surface area contributed by atoms with Crippen molar-refractivity contribution in [3.05, 3.63) is 57.9 Å². The van der Waals surface area contributed by atoms with E-state index in [1.807, 2.05) is 24.4 Å². The molecule has 1 aromatic carbocycles. The van der Waals surface area contributed by atoms with Crippen molar-refractivity contribution < 1.29 is 14.4 Å². The molecule has 0 unspecified atom stereocenters. The molecule has 1 aliphatic rings. The summed E-state index contributed by atoms with van der Waals surface area (Å²) in [6.45, 7) is 5.11. The van der Waals surface area contributed by atoms with Gasteiger partial charge in [-0.2, -0.15) is 0 Å². The van der Waals surface area contributed by atoms with E-state index in [0.29, 0.717) is 23.6 Å². The number of hydrogen-bond acceptors (Lipinski definition) is 7.